The molecule has 0 spiro atoms. The van der Waals surface area contributed by atoms with Crippen molar-refractivity contribution in [3.05, 3.63) is 23.2 Å². The van der Waals surface area contributed by atoms with Gasteiger partial charge in [-0.25, -0.2) is 0 Å². The highest BCUT2D eigenvalue weighted by molar-refractivity contribution is 6.31. The molecule has 0 bridgehead atoms. The number of hydrogen-bond acceptors (Lipinski definition) is 4. The molecule has 2 rings (SSSR count). The average Bonchev–Trinajstić information content (AvgIpc) is 2.38. The molecule has 4 nitrogen and oxygen atoms in total. The van der Waals surface area contributed by atoms with Gasteiger partial charge in [-0.05, 0) is 24.6 Å². The maximum absolute atomic E-state index is 5.86. The van der Waals surface area contributed by atoms with Crippen molar-refractivity contribution < 1.29 is 4.74 Å². The molecule has 0 saturated carbocycles. The first-order chi connectivity index (χ1) is 8.79. The van der Waals surface area contributed by atoms with Crippen LogP contribution in [0, 0.1) is 0 Å². The highest BCUT2D eigenvalue weighted by Gasteiger charge is 2.03. The molecule has 0 saturated heterocycles. The third-order valence-electron chi connectivity index (χ3n) is 2.63. The second kappa shape index (κ2) is 6.50. The van der Waals surface area contributed by atoms with E-state index in [1.54, 1.807) is 12.1 Å². The van der Waals surface area contributed by atoms with Crippen molar-refractivity contribution >= 4 is 22.6 Å². The fourth-order valence-electron chi connectivity index (χ4n) is 1.65. The summed E-state index contributed by atoms with van der Waals surface area (Å²) in [7, 11) is 0. The van der Waals surface area contributed by atoms with Crippen LogP contribution in [0.5, 0.6) is 6.01 Å². The van der Waals surface area contributed by atoms with Crippen LogP contribution < -0.4 is 4.74 Å². The van der Waals surface area contributed by atoms with E-state index in [0.717, 1.165) is 11.9 Å². The molecule has 2 aromatic rings. The number of unbranched alkanes of at least 4 members (excludes halogenated alkanes) is 3. The van der Waals surface area contributed by atoms with Gasteiger partial charge < -0.3 is 4.74 Å². The van der Waals surface area contributed by atoms with Crippen molar-refractivity contribution in [3.63, 3.8) is 0 Å². The third kappa shape index (κ3) is 3.53. The summed E-state index contributed by atoms with van der Waals surface area (Å²) in [6.07, 6.45) is 4.65. The Hall–Kier alpha value is -1.42. The summed E-state index contributed by atoms with van der Waals surface area (Å²) in [6.45, 7) is 2.82. The van der Waals surface area contributed by atoms with Crippen LogP contribution in [0.2, 0.25) is 5.02 Å². The van der Waals surface area contributed by atoms with Gasteiger partial charge in [0, 0.05) is 5.02 Å². The van der Waals surface area contributed by atoms with E-state index in [2.05, 4.69) is 22.1 Å². The zero-order chi connectivity index (χ0) is 12.8. The molecule has 5 heteroatoms. The molecule has 0 fully saturated rings. The summed E-state index contributed by atoms with van der Waals surface area (Å²) in [5, 5.41) is 8.59. The average molecular weight is 266 g/mol. The number of halogens is 1. The molecule has 1 aromatic heterocycles. The third-order valence-corrected chi connectivity index (χ3v) is 2.86. The summed E-state index contributed by atoms with van der Waals surface area (Å²) < 4.78 is 5.47. The van der Waals surface area contributed by atoms with E-state index in [0.29, 0.717) is 23.2 Å². The topological polar surface area (TPSA) is 47.9 Å². The van der Waals surface area contributed by atoms with Crippen LogP contribution in [0.15, 0.2) is 18.2 Å². The maximum atomic E-state index is 5.86. The van der Waals surface area contributed by atoms with Gasteiger partial charge in [-0.2, -0.15) is 4.98 Å². The first kappa shape index (κ1) is 13.0. The largest absolute Gasteiger partial charge is 0.462 e. The number of fused-ring (bicyclic) bond motifs is 1. The summed E-state index contributed by atoms with van der Waals surface area (Å²) in [5.41, 5.74) is 1.43. The number of hydrogen-bond donors (Lipinski definition) is 0. The fourth-order valence-corrected chi connectivity index (χ4v) is 1.81. The van der Waals surface area contributed by atoms with Gasteiger partial charge in [0.15, 0.2) is 0 Å². The molecule has 0 radical (unpaired) electrons. The normalized spacial score (nSPS) is 10.8. The summed E-state index contributed by atoms with van der Waals surface area (Å²) in [5.74, 6) is 0. The highest BCUT2D eigenvalue weighted by atomic mass is 35.5. The van der Waals surface area contributed by atoms with Gasteiger partial charge in [-0.3, -0.25) is 0 Å². The summed E-state index contributed by atoms with van der Waals surface area (Å²) in [4.78, 5) is 4.28. The maximum Gasteiger partial charge on any atom is 0.336 e. The number of aromatic nitrogens is 3. The van der Waals surface area contributed by atoms with Crippen LogP contribution in [0.4, 0.5) is 0 Å². The lowest BCUT2D eigenvalue weighted by molar-refractivity contribution is 0.279. The molecule has 0 aliphatic heterocycles. The predicted molar refractivity (Wildman–Crippen MR) is 72.0 cm³/mol. The van der Waals surface area contributed by atoms with Crippen molar-refractivity contribution in [2.45, 2.75) is 32.6 Å². The molecule has 18 heavy (non-hydrogen) atoms. The SMILES string of the molecule is CCCCCCOc1nnc2cc(Cl)ccc2n1. The standard InChI is InChI=1S/C13H16ClN3O/c1-2-3-4-5-8-18-13-15-11-7-6-10(14)9-12(11)16-17-13/h6-7,9H,2-5,8H2,1H3. The molecule has 0 aliphatic carbocycles. The number of rotatable bonds is 6. The zero-order valence-electron chi connectivity index (χ0n) is 10.4. The van der Waals surface area contributed by atoms with Crippen molar-refractivity contribution in [3.8, 4) is 6.01 Å². The molecule has 1 heterocycles. The molecule has 0 N–H and O–H groups in total. The molecule has 0 aliphatic rings. The molecule has 96 valence electrons. The molecule has 1 aromatic carbocycles. The van der Waals surface area contributed by atoms with Gasteiger partial charge in [0.25, 0.3) is 0 Å². The van der Waals surface area contributed by atoms with Gasteiger partial charge in [0.2, 0.25) is 0 Å². The van der Waals surface area contributed by atoms with Gasteiger partial charge in [-0.1, -0.05) is 42.9 Å². The van der Waals surface area contributed by atoms with Crippen LogP contribution in [0.1, 0.15) is 32.6 Å². The van der Waals surface area contributed by atoms with Crippen molar-refractivity contribution in [1.29, 1.82) is 0 Å². The lowest BCUT2D eigenvalue weighted by Crippen LogP contribution is -2.02. The first-order valence-corrected chi connectivity index (χ1v) is 6.60. The smallest absolute Gasteiger partial charge is 0.336 e. The molecular formula is C13H16ClN3O. The van der Waals surface area contributed by atoms with E-state index in [9.17, 15) is 0 Å². The van der Waals surface area contributed by atoms with Crippen LogP contribution in [-0.2, 0) is 0 Å². The lowest BCUT2D eigenvalue weighted by Gasteiger charge is -2.04. The Bertz CT molecular complexity index is 519. The van der Waals surface area contributed by atoms with E-state index < -0.39 is 0 Å². The summed E-state index contributed by atoms with van der Waals surface area (Å²) in [6, 6.07) is 5.67. The zero-order valence-corrected chi connectivity index (χ0v) is 11.2. The van der Waals surface area contributed by atoms with E-state index in [1.165, 1.54) is 19.3 Å². The Kier molecular flexibility index (Phi) is 4.70. The minimum Gasteiger partial charge on any atom is -0.462 e. The minimum absolute atomic E-state index is 0.335. The molecular weight excluding hydrogens is 250 g/mol. The van der Waals surface area contributed by atoms with Gasteiger partial charge in [-0.15, -0.1) is 5.10 Å². The monoisotopic (exact) mass is 265 g/mol. The van der Waals surface area contributed by atoms with E-state index in [-0.39, 0.29) is 0 Å². The fraction of sp³-hybridized carbons (Fsp3) is 0.462. The van der Waals surface area contributed by atoms with Crippen molar-refractivity contribution in [2.75, 3.05) is 6.61 Å². The predicted octanol–water partition coefficient (Wildman–Crippen LogP) is 3.64. The van der Waals surface area contributed by atoms with Crippen LogP contribution in [0.25, 0.3) is 11.0 Å². The van der Waals surface area contributed by atoms with E-state index in [4.69, 9.17) is 16.3 Å². The molecule has 0 amide bonds. The second-order valence-electron chi connectivity index (χ2n) is 4.14. The van der Waals surface area contributed by atoms with Gasteiger partial charge >= 0.3 is 6.01 Å². The Labute approximate surface area is 111 Å². The van der Waals surface area contributed by atoms with Crippen molar-refractivity contribution in [2.24, 2.45) is 0 Å². The van der Waals surface area contributed by atoms with Crippen LogP contribution in [0.3, 0.4) is 0 Å². The lowest BCUT2D eigenvalue weighted by atomic mass is 10.2. The van der Waals surface area contributed by atoms with Gasteiger partial charge in [0.05, 0.1) is 12.1 Å². The Morgan fingerprint density at radius 3 is 2.83 bits per heavy atom. The number of benzene rings is 1. The molecule has 0 atom stereocenters. The van der Waals surface area contributed by atoms with Crippen molar-refractivity contribution in [1.82, 2.24) is 15.2 Å². The van der Waals surface area contributed by atoms with Crippen LogP contribution >= 0.6 is 11.6 Å². The summed E-state index contributed by atoms with van der Waals surface area (Å²) >= 11 is 5.86. The minimum atomic E-state index is 0.335. The quantitative estimate of drug-likeness (QED) is 0.748. The van der Waals surface area contributed by atoms with E-state index >= 15 is 0 Å². The Balaban J connectivity index is 1.95. The van der Waals surface area contributed by atoms with Crippen LogP contribution in [-0.4, -0.2) is 21.8 Å². The van der Waals surface area contributed by atoms with Gasteiger partial charge in [0.1, 0.15) is 5.52 Å². The number of ether oxygens (including phenoxy) is 1. The first-order valence-electron chi connectivity index (χ1n) is 6.22. The Morgan fingerprint density at radius 2 is 2.00 bits per heavy atom. The highest BCUT2D eigenvalue weighted by Crippen LogP contribution is 2.16. The molecule has 0 unspecified atom stereocenters. The Morgan fingerprint density at radius 1 is 1.11 bits per heavy atom. The number of nitrogens with zero attached hydrogens (tertiary/aromatic N) is 3. The second-order valence-corrected chi connectivity index (χ2v) is 4.57. The van der Waals surface area contributed by atoms with E-state index in [1.807, 2.05) is 6.07 Å².